The molecule has 1 aromatic heterocycles. The molecule has 5 nitrogen and oxygen atoms in total. The van der Waals surface area contributed by atoms with E-state index in [9.17, 15) is 9.59 Å². The molecule has 0 radical (unpaired) electrons. The van der Waals surface area contributed by atoms with Gasteiger partial charge in [0.1, 0.15) is 5.56 Å². The van der Waals surface area contributed by atoms with Crippen LogP contribution in [0.2, 0.25) is 10.0 Å². The molecule has 0 unspecified atom stereocenters. The highest BCUT2D eigenvalue weighted by molar-refractivity contribution is 6.42. The summed E-state index contributed by atoms with van der Waals surface area (Å²) in [6.45, 7) is 2.21. The minimum atomic E-state index is -0.571. The Balaban J connectivity index is 1.76. The van der Waals surface area contributed by atoms with Crippen LogP contribution in [-0.2, 0) is 6.54 Å². The number of pyridine rings is 1. The van der Waals surface area contributed by atoms with Gasteiger partial charge < -0.3 is 4.57 Å². The second-order valence-electron chi connectivity index (χ2n) is 6.16. The number of aromatic nitrogens is 1. The van der Waals surface area contributed by atoms with Crippen LogP contribution in [0.4, 0.5) is 0 Å². The summed E-state index contributed by atoms with van der Waals surface area (Å²) in [6, 6.07) is 15.9. The van der Waals surface area contributed by atoms with E-state index in [1.54, 1.807) is 36.7 Å². The largest absolute Gasteiger partial charge is 0.310 e. The highest BCUT2D eigenvalue weighted by Crippen LogP contribution is 2.22. The number of nitrogens with one attached hydrogen (secondary N) is 1. The van der Waals surface area contributed by atoms with Gasteiger partial charge in [0.25, 0.3) is 11.5 Å². The third-order valence-electron chi connectivity index (χ3n) is 4.16. The van der Waals surface area contributed by atoms with Crippen LogP contribution >= 0.6 is 23.2 Å². The normalized spacial score (nSPS) is 11.0. The molecule has 1 heterocycles. The minimum absolute atomic E-state index is 0.00416. The summed E-state index contributed by atoms with van der Waals surface area (Å²) in [6.07, 6.45) is 3.16. The first-order valence-electron chi connectivity index (χ1n) is 8.48. The average molecular weight is 414 g/mol. The molecule has 1 amide bonds. The number of halogens is 2. The van der Waals surface area contributed by atoms with Crippen molar-refractivity contribution in [1.29, 1.82) is 0 Å². The lowest BCUT2D eigenvalue weighted by Crippen LogP contribution is -2.30. The molecule has 0 fully saturated rings. The molecule has 0 aliphatic rings. The molecular formula is C21H17Cl2N3O2. The lowest BCUT2D eigenvalue weighted by Gasteiger charge is -2.08. The molecule has 0 atom stereocenters. The van der Waals surface area contributed by atoms with E-state index in [4.69, 9.17) is 23.2 Å². The fourth-order valence-corrected chi connectivity index (χ4v) is 2.94. The van der Waals surface area contributed by atoms with Gasteiger partial charge in [-0.15, -0.1) is 0 Å². The fraction of sp³-hybridized carbons (Fsp3) is 0.0952. The van der Waals surface area contributed by atoms with Crippen LogP contribution in [0.15, 0.2) is 70.7 Å². The van der Waals surface area contributed by atoms with Gasteiger partial charge >= 0.3 is 0 Å². The molecule has 0 spiro atoms. The van der Waals surface area contributed by atoms with Crippen LogP contribution in [0.3, 0.4) is 0 Å². The molecular weight excluding hydrogens is 397 g/mol. The predicted octanol–water partition coefficient (Wildman–Crippen LogP) is 4.28. The van der Waals surface area contributed by atoms with Gasteiger partial charge in [-0.3, -0.25) is 9.59 Å². The van der Waals surface area contributed by atoms with Gasteiger partial charge in [-0.05, 0) is 47.9 Å². The van der Waals surface area contributed by atoms with Crippen molar-refractivity contribution >= 4 is 35.3 Å². The summed E-state index contributed by atoms with van der Waals surface area (Å²) in [4.78, 5) is 25.0. The lowest BCUT2D eigenvalue weighted by atomic mass is 10.1. The molecule has 1 N–H and O–H groups in total. The first-order chi connectivity index (χ1) is 13.5. The maximum atomic E-state index is 12.6. The van der Waals surface area contributed by atoms with Gasteiger partial charge in [-0.2, -0.15) is 5.10 Å². The molecule has 0 saturated heterocycles. The van der Waals surface area contributed by atoms with Crippen molar-refractivity contribution in [1.82, 2.24) is 9.99 Å². The first-order valence-corrected chi connectivity index (χ1v) is 9.23. The third-order valence-corrected chi connectivity index (χ3v) is 4.90. The quantitative estimate of drug-likeness (QED) is 0.501. The lowest BCUT2D eigenvalue weighted by molar-refractivity contribution is 0.0953. The van der Waals surface area contributed by atoms with E-state index in [1.165, 1.54) is 10.6 Å². The molecule has 7 heteroatoms. The van der Waals surface area contributed by atoms with E-state index in [0.717, 1.165) is 16.7 Å². The van der Waals surface area contributed by atoms with E-state index >= 15 is 0 Å². The molecule has 0 aliphatic carbocycles. The van der Waals surface area contributed by atoms with E-state index in [1.807, 2.05) is 31.2 Å². The van der Waals surface area contributed by atoms with Crippen molar-refractivity contribution in [3.8, 4) is 0 Å². The smallest absolute Gasteiger partial charge is 0.276 e. The summed E-state index contributed by atoms with van der Waals surface area (Å²) in [5, 5.41) is 4.80. The predicted molar refractivity (Wildman–Crippen MR) is 113 cm³/mol. The van der Waals surface area contributed by atoms with Crippen LogP contribution < -0.4 is 11.0 Å². The molecule has 2 aromatic carbocycles. The van der Waals surface area contributed by atoms with Crippen LogP contribution in [0.5, 0.6) is 0 Å². The fourth-order valence-electron chi connectivity index (χ4n) is 2.62. The van der Waals surface area contributed by atoms with Crippen LogP contribution in [0.1, 0.15) is 27.0 Å². The number of benzene rings is 2. The van der Waals surface area contributed by atoms with Crippen molar-refractivity contribution in [3.05, 3.63) is 103 Å². The summed E-state index contributed by atoms with van der Waals surface area (Å²) < 4.78 is 1.43. The highest BCUT2D eigenvalue weighted by atomic mass is 35.5. The van der Waals surface area contributed by atoms with Crippen molar-refractivity contribution in [2.45, 2.75) is 13.5 Å². The van der Waals surface area contributed by atoms with E-state index in [-0.39, 0.29) is 12.1 Å². The van der Waals surface area contributed by atoms with Crippen LogP contribution in [0.25, 0.3) is 0 Å². The van der Waals surface area contributed by atoms with E-state index < -0.39 is 11.5 Å². The Labute approximate surface area is 172 Å². The van der Waals surface area contributed by atoms with Crippen molar-refractivity contribution in [2.24, 2.45) is 5.10 Å². The average Bonchev–Trinajstić information content (AvgIpc) is 2.68. The number of carbonyl (C=O) groups is 1. The molecule has 0 bridgehead atoms. The van der Waals surface area contributed by atoms with Gasteiger partial charge in [0, 0.05) is 6.20 Å². The Kier molecular flexibility index (Phi) is 6.29. The zero-order valence-electron chi connectivity index (χ0n) is 15.0. The summed E-state index contributed by atoms with van der Waals surface area (Å²) in [5.41, 5.74) is 4.70. The van der Waals surface area contributed by atoms with Crippen LogP contribution in [0, 0.1) is 6.92 Å². The van der Waals surface area contributed by atoms with Gasteiger partial charge in [0.15, 0.2) is 0 Å². The van der Waals surface area contributed by atoms with Crippen LogP contribution in [-0.4, -0.2) is 16.7 Å². The molecule has 0 saturated carbocycles. The first kappa shape index (κ1) is 19.9. The minimum Gasteiger partial charge on any atom is -0.310 e. The number of amides is 1. The van der Waals surface area contributed by atoms with Gasteiger partial charge in [0.2, 0.25) is 0 Å². The molecule has 0 aliphatic heterocycles. The third kappa shape index (κ3) is 4.68. The monoisotopic (exact) mass is 413 g/mol. The zero-order chi connectivity index (χ0) is 20.1. The van der Waals surface area contributed by atoms with Crippen molar-refractivity contribution in [3.63, 3.8) is 0 Å². The Morgan fingerprint density at radius 1 is 1.11 bits per heavy atom. The maximum absolute atomic E-state index is 12.6. The number of hydrazone groups is 1. The number of hydrogen-bond donors (Lipinski definition) is 1. The van der Waals surface area contributed by atoms with E-state index in [0.29, 0.717) is 10.0 Å². The zero-order valence-corrected chi connectivity index (χ0v) is 16.5. The van der Waals surface area contributed by atoms with Crippen molar-refractivity contribution in [2.75, 3.05) is 0 Å². The summed E-state index contributed by atoms with van der Waals surface area (Å²) >= 11 is 11.9. The standard InChI is InChI=1S/C21H17Cl2N3O2/c1-14-5-2-3-6-16(14)12-24-25-20(27)17-7-4-10-26(21(17)28)13-15-8-9-18(22)19(23)11-15/h2-12H,13H2,1H3,(H,25,27)/b24-12-. The maximum Gasteiger partial charge on any atom is 0.276 e. The number of hydrogen-bond acceptors (Lipinski definition) is 3. The van der Waals surface area contributed by atoms with Gasteiger partial charge in [-0.25, -0.2) is 5.43 Å². The molecule has 3 aromatic rings. The highest BCUT2D eigenvalue weighted by Gasteiger charge is 2.12. The molecule has 28 heavy (non-hydrogen) atoms. The number of rotatable bonds is 5. The molecule has 3 rings (SSSR count). The second kappa shape index (κ2) is 8.87. The SMILES string of the molecule is Cc1ccccc1/C=N\NC(=O)c1cccn(Cc2ccc(Cl)c(Cl)c2)c1=O. The Morgan fingerprint density at radius 2 is 1.89 bits per heavy atom. The van der Waals surface area contributed by atoms with E-state index in [2.05, 4.69) is 10.5 Å². The second-order valence-corrected chi connectivity index (χ2v) is 6.97. The Hall–Kier alpha value is -2.89. The molecule has 142 valence electrons. The topological polar surface area (TPSA) is 63.5 Å². The number of nitrogens with zero attached hydrogens (tertiary/aromatic N) is 2. The van der Waals surface area contributed by atoms with Gasteiger partial charge in [0.05, 0.1) is 22.8 Å². The van der Waals surface area contributed by atoms with Crippen molar-refractivity contribution < 1.29 is 4.79 Å². The number of aryl methyl sites for hydroxylation is 1. The Bertz CT molecular complexity index is 1110. The summed E-state index contributed by atoms with van der Waals surface area (Å²) in [5.74, 6) is -0.571. The van der Waals surface area contributed by atoms with Gasteiger partial charge in [-0.1, -0.05) is 53.5 Å². The number of carbonyl (C=O) groups excluding carboxylic acids is 1. The Morgan fingerprint density at radius 3 is 2.64 bits per heavy atom. The summed E-state index contributed by atoms with van der Waals surface area (Å²) in [7, 11) is 0.